The van der Waals surface area contributed by atoms with Gasteiger partial charge in [-0.2, -0.15) is 5.26 Å². The van der Waals surface area contributed by atoms with Crippen molar-refractivity contribution < 1.29 is 14.3 Å². The van der Waals surface area contributed by atoms with Crippen LogP contribution in [0.5, 0.6) is 0 Å². The molecule has 24 heavy (non-hydrogen) atoms. The van der Waals surface area contributed by atoms with Gasteiger partial charge in [-0.15, -0.1) is 0 Å². The third-order valence-corrected chi connectivity index (χ3v) is 3.14. The highest BCUT2D eigenvalue weighted by Gasteiger charge is 2.13. The lowest BCUT2D eigenvalue weighted by Crippen LogP contribution is -2.16. The average molecular weight is 321 g/mol. The maximum Gasteiger partial charge on any atom is 0.331 e. The van der Waals surface area contributed by atoms with Crippen molar-refractivity contribution in [2.45, 2.75) is 6.92 Å². The fourth-order valence-electron chi connectivity index (χ4n) is 1.96. The molecule has 1 aromatic heterocycles. The molecule has 2 rings (SSSR count). The van der Waals surface area contributed by atoms with Gasteiger partial charge < -0.3 is 10.5 Å². The van der Waals surface area contributed by atoms with Crippen LogP contribution in [0.15, 0.2) is 53.7 Å². The number of aromatic nitrogens is 1. The van der Waals surface area contributed by atoms with Crippen molar-refractivity contribution in [2.75, 3.05) is 6.61 Å². The fraction of sp³-hybridized carbons (Fsp3) is 0.111. The lowest BCUT2D eigenvalue weighted by atomic mass is 10.1. The number of carbonyl (C=O) groups excluding carboxylic acids is 2. The van der Waals surface area contributed by atoms with E-state index in [2.05, 4.69) is 4.98 Å². The number of benzene rings is 1. The third kappa shape index (κ3) is 4.27. The number of ketones is 1. The summed E-state index contributed by atoms with van der Waals surface area (Å²) < 4.78 is 4.80. The Morgan fingerprint density at radius 2 is 2.04 bits per heavy atom. The molecular formula is C18H15N3O3. The molecule has 2 aromatic rings. The Hall–Kier alpha value is -3.46. The number of pyridine rings is 1. The Morgan fingerprint density at radius 1 is 1.29 bits per heavy atom. The molecule has 0 aliphatic carbocycles. The molecule has 0 aliphatic heterocycles. The van der Waals surface area contributed by atoms with Gasteiger partial charge >= 0.3 is 5.97 Å². The van der Waals surface area contributed by atoms with Gasteiger partial charge in [0.05, 0.1) is 11.2 Å². The van der Waals surface area contributed by atoms with Gasteiger partial charge in [0.2, 0.25) is 5.78 Å². The molecule has 1 heterocycles. The number of Topliss-reactive ketones (excluding diaryl/α,β-unsaturated/α-hetero) is 1. The number of hydrogen-bond donors (Lipinski definition) is 1. The predicted molar refractivity (Wildman–Crippen MR) is 89.2 cm³/mol. The summed E-state index contributed by atoms with van der Waals surface area (Å²) in [5, 5.41) is 9.80. The molecule has 0 atom stereocenters. The number of esters is 1. The Balaban J connectivity index is 1.98. The van der Waals surface area contributed by atoms with E-state index in [-0.39, 0.29) is 11.3 Å². The Morgan fingerprint density at radius 3 is 2.75 bits per heavy atom. The first kappa shape index (κ1) is 16.9. The SMILES string of the molecule is CC(N)=C(C#N)C(=O)COC(=O)C=Cc1ccc2ccccc2n1. The number of para-hydroxylation sites is 1. The fourth-order valence-corrected chi connectivity index (χ4v) is 1.96. The van der Waals surface area contributed by atoms with Crippen molar-refractivity contribution in [1.29, 1.82) is 5.26 Å². The first-order valence-electron chi connectivity index (χ1n) is 7.11. The molecule has 0 fully saturated rings. The first-order valence-corrected chi connectivity index (χ1v) is 7.11. The van der Waals surface area contributed by atoms with Gasteiger partial charge in [0, 0.05) is 17.2 Å². The second-order valence-corrected chi connectivity index (χ2v) is 4.96. The van der Waals surface area contributed by atoms with Crippen molar-refractivity contribution in [3.05, 3.63) is 59.4 Å². The van der Waals surface area contributed by atoms with Gasteiger partial charge in [-0.25, -0.2) is 9.78 Å². The van der Waals surface area contributed by atoms with Crippen molar-refractivity contribution in [3.8, 4) is 6.07 Å². The summed E-state index contributed by atoms with van der Waals surface area (Å²) >= 11 is 0. The maximum absolute atomic E-state index is 11.7. The molecule has 1 aromatic carbocycles. The number of nitriles is 1. The normalized spacial score (nSPS) is 11.8. The van der Waals surface area contributed by atoms with E-state index in [0.717, 1.165) is 10.9 Å². The van der Waals surface area contributed by atoms with Gasteiger partial charge in [-0.1, -0.05) is 24.3 Å². The van der Waals surface area contributed by atoms with Crippen LogP contribution in [-0.2, 0) is 14.3 Å². The van der Waals surface area contributed by atoms with Crippen LogP contribution in [0.2, 0.25) is 0 Å². The van der Waals surface area contributed by atoms with E-state index in [1.165, 1.54) is 19.1 Å². The summed E-state index contributed by atoms with van der Waals surface area (Å²) in [7, 11) is 0. The van der Waals surface area contributed by atoms with Crippen molar-refractivity contribution in [1.82, 2.24) is 4.98 Å². The Bertz CT molecular complexity index is 888. The number of nitrogens with zero attached hydrogens (tertiary/aromatic N) is 2. The molecule has 0 saturated carbocycles. The number of nitrogens with two attached hydrogens (primary N) is 1. The second kappa shape index (κ2) is 7.70. The van der Waals surface area contributed by atoms with Crippen LogP contribution in [0.25, 0.3) is 17.0 Å². The zero-order valence-corrected chi connectivity index (χ0v) is 13.0. The minimum atomic E-state index is -0.703. The van der Waals surface area contributed by atoms with E-state index >= 15 is 0 Å². The topological polar surface area (TPSA) is 106 Å². The number of hydrogen-bond acceptors (Lipinski definition) is 6. The maximum atomic E-state index is 11.7. The lowest BCUT2D eigenvalue weighted by Gasteiger charge is -2.02. The Labute approximate surface area is 138 Å². The number of allylic oxidation sites excluding steroid dienone is 1. The van der Waals surface area contributed by atoms with Crippen LogP contribution >= 0.6 is 0 Å². The summed E-state index contributed by atoms with van der Waals surface area (Å²) in [6.45, 7) is 0.898. The van der Waals surface area contributed by atoms with Crippen LogP contribution in [-0.4, -0.2) is 23.3 Å². The highest BCUT2D eigenvalue weighted by molar-refractivity contribution is 6.01. The highest BCUT2D eigenvalue weighted by Crippen LogP contribution is 2.12. The molecule has 0 aliphatic rings. The summed E-state index contributed by atoms with van der Waals surface area (Å²) in [6.07, 6.45) is 2.67. The van der Waals surface area contributed by atoms with Gasteiger partial charge in [0.1, 0.15) is 11.6 Å². The molecule has 0 amide bonds. The standard InChI is InChI=1S/C18H15N3O3/c1-12(20)15(10-19)17(22)11-24-18(23)9-8-14-7-6-13-4-2-3-5-16(13)21-14/h2-9H,11,20H2,1H3. The van der Waals surface area contributed by atoms with E-state index in [1.54, 1.807) is 12.1 Å². The zero-order valence-electron chi connectivity index (χ0n) is 13.0. The van der Waals surface area contributed by atoms with Gasteiger partial charge in [0.15, 0.2) is 6.61 Å². The van der Waals surface area contributed by atoms with E-state index < -0.39 is 18.4 Å². The van der Waals surface area contributed by atoms with Crippen LogP contribution in [0.3, 0.4) is 0 Å². The average Bonchev–Trinajstić information content (AvgIpc) is 2.58. The smallest absolute Gasteiger partial charge is 0.331 e. The van der Waals surface area contributed by atoms with Crippen LogP contribution < -0.4 is 5.73 Å². The van der Waals surface area contributed by atoms with Crippen LogP contribution in [0.4, 0.5) is 0 Å². The lowest BCUT2D eigenvalue weighted by molar-refractivity contribution is -0.141. The van der Waals surface area contributed by atoms with E-state index in [9.17, 15) is 9.59 Å². The van der Waals surface area contributed by atoms with Gasteiger partial charge in [0.25, 0.3) is 0 Å². The monoisotopic (exact) mass is 321 g/mol. The summed E-state index contributed by atoms with van der Waals surface area (Å²) in [4.78, 5) is 27.7. The Kier molecular flexibility index (Phi) is 5.42. The number of fused-ring (bicyclic) bond motifs is 1. The van der Waals surface area contributed by atoms with Crippen molar-refractivity contribution >= 4 is 28.7 Å². The molecule has 0 bridgehead atoms. The predicted octanol–water partition coefficient (Wildman–Crippen LogP) is 2.12. The van der Waals surface area contributed by atoms with Gasteiger partial charge in [-0.05, 0) is 25.1 Å². The van der Waals surface area contributed by atoms with Crippen LogP contribution in [0.1, 0.15) is 12.6 Å². The number of carbonyl (C=O) groups is 2. The molecule has 2 N–H and O–H groups in total. The second-order valence-electron chi connectivity index (χ2n) is 4.96. The first-order chi connectivity index (χ1) is 11.5. The van der Waals surface area contributed by atoms with E-state index in [1.807, 2.05) is 30.3 Å². The molecule has 0 radical (unpaired) electrons. The third-order valence-electron chi connectivity index (χ3n) is 3.14. The van der Waals surface area contributed by atoms with Gasteiger partial charge in [-0.3, -0.25) is 4.79 Å². The van der Waals surface area contributed by atoms with Crippen molar-refractivity contribution in [3.63, 3.8) is 0 Å². The molecule has 0 saturated heterocycles. The number of ether oxygens (including phenoxy) is 1. The molecule has 6 nitrogen and oxygen atoms in total. The van der Waals surface area contributed by atoms with Crippen LogP contribution in [0, 0.1) is 11.3 Å². The summed E-state index contributed by atoms with van der Waals surface area (Å²) in [5.41, 5.74) is 6.70. The van der Waals surface area contributed by atoms with E-state index in [4.69, 9.17) is 15.7 Å². The van der Waals surface area contributed by atoms with E-state index in [0.29, 0.717) is 5.69 Å². The number of rotatable bonds is 5. The summed E-state index contributed by atoms with van der Waals surface area (Å²) in [6, 6.07) is 13.0. The summed E-state index contributed by atoms with van der Waals surface area (Å²) in [5.74, 6) is -1.34. The highest BCUT2D eigenvalue weighted by atomic mass is 16.5. The molecule has 0 spiro atoms. The molecule has 6 heteroatoms. The quantitative estimate of drug-likeness (QED) is 0.513. The zero-order chi connectivity index (χ0) is 17.5. The largest absolute Gasteiger partial charge is 0.454 e. The molecular weight excluding hydrogens is 306 g/mol. The minimum absolute atomic E-state index is 0.0921. The molecule has 0 unspecified atom stereocenters. The molecule has 120 valence electrons. The minimum Gasteiger partial charge on any atom is -0.454 e. The van der Waals surface area contributed by atoms with Crippen molar-refractivity contribution in [2.24, 2.45) is 5.73 Å².